The van der Waals surface area contributed by atoms with Crippen LogP contribution in [0.1, 0.15) is 47.8 Å². The second kappa shape index (κ2) is 10.1. The van der Waals surface area contributed by atoms with E-state index in [9.17, 15) is 4.79 Å². The number of rotatable bonds is 8. The molecule has 1 unspecified atom stereocenters. The van der Waals surface area contributed by atoms with Gasteiger partial charge in [-0.1, -0.05) is 50.1 Å². The quantitative estimate of drug-likeness (QED) is 0.768. The Balaban J connectivity index is 0.00000288. The average Bonchev–Trinajstić information content (AvgIpc) is 2.93. The van der Waals surface area contributed by atoms with Gasteiger partial charge in [-0.15, -0.1) is 12.4 Å². The number of hydrogen-bond donors (Lipinski definition) is 2. The van der Waals surface area contributed by atoms with Gasteiger partial charge in [-0.2, -0.15) is 5.10 Å². The fourth-order valence-corrected chi connectivity index (χ4v) is 2.55. The molecular weight excluding hydrogens is 324 g/mol. The van der Waals surface area contributed by atoms with Gasteiger partial charge in [0.25, 0.3) is 5.91 Å². The van der Waals surface area contributed by atoms with E-state index in [1.54, 1.807) is 6.20 Å². The highest BCUT2D eigenvalue weighted by Crippen LogP contribution is 2.11. The Hall–Kier alpha value is -1.85. The molecule has 3 N–H and O–H groups in total. The highest BCUT2D eigenvalue weighted by molar-refractivity contribution is 5.95. The maximum Gasteiger partial charge on any atom is 0.255 e. The number of benzene rings is 1. The number of amides is 1. The molecule has 0 aliphatic rings. The van der Waals surface area contributed by atoms with Gasteiger partial charge in [0.1, 0.15) is 0 Å². The first-order chi connectivity index (χ1) is 11.2. The summed E-state index contributed by atoms with van der Waals surface area (Å²) in [5.74, 6) is -0.0895. The molecule has 0 aliphatic heterocycles. The summed E-state index contributed by atoms with van der Waals surface area (Å²) in [5.41, 5.74) is 8.40. The number of nitrogens with zero attached hydrogens (tertiary/aromatic N) is 2. The summed E-state index contributed by atoms with van der Waals surface area (Å²) < 4.78 is 1.85. The van der Waals surface area contributed by atoms with Gasteiger partial charge >= 0.3 is 0 Å². The third-order valence-corrected chi connectivity index (χ3v) is 4.05. The van der Waals surface area contributed by atoms with E-state index in [0.29, 0.717) is 18.7 Å². The van der Waals surface area contributed by atoms with Crippen molar-refractivity contribution in [1.29, 1.82) is 0 Å². The molecule has 5 nitrogen and oxygen atoms in total. The Labute approximate surface area is 150 Å². The van der Waals surface area contributed by atoms with Crippen molar-refractivity contribution in [2.75, 3.05) is 6.54 Å². The van der Waals surface area contributed by atoms with Crippen LogP contribution in [-0.4, -0.2) is 28.3 Å². The van der Waals surface area contributed by atoms with Crippen LogP contribution in [0.2, 0.25) is 0 Å². The minimum atomic E-state index is -0.0895. The molecule has 0 aliphatic carbocycles. The van der Waals surface area contributed by atoms with Gasteiger partial charge in [0, 0.05) is 18.3 Å². The van der Waals surface area contributed by atoms with E-state index in [0.717, 1.165) is 30.5 Å². The van der Waals surface area contributed by atoms with E-state index in [4.69, 9.17) is 5.73 Å². The van der Waals surface area contributed by atoms with Crippen LogP contribution in [0.3, 0.4) is 0 Å². The van der Waals surface area contributed by atoms with Crippen LogP contribution in [0.4, 0.5) is 0 Å². The number of hydrogen-bond acceptors (Lipinski definition) is 3. The van der Waals surface area contributed by atoms with Crippen molar-refractivity contribution in [3.05, 3.63) is 53.3 Å². The molecule has 0 bridgehead atoms. The molecule has 1 amide bonds. The van der Waals surface area contributed by atoms with Crippen LogP contribution < -0.4 is 11.1 Å². The second-order valence-corrected chi connectivity index (χ2v) is 5.84. The second-order valence-electron chi connectivity index (χ2n) is 5.84. The minimum absolute atomic E-state index is 0. The molecule has 24 heavy (non-hydrogen) atoms. The van der Waals surface area contributed by atoms with Crippen LogP contribution in [0.25, 0.3) is 0 Å². The molecule has 1 atom stereocenters. The Morgan fingerprint density at radius 2 is 2.04 bits per heavy atom. The van der Waals surface area contributed by atoms with Crippen molar-refractivity contribution >= 4 is 18.3 Å². The summed E-state index contributed by atoms with van der Waals surface area (Å²) in [6, 6.07) is 10.1. The maximum atomic E-state index is 12.4. The van der Waals surface area contributed by atoms with Crippen LogP contribution in [0.15, 0.2) is 36.5 Å². The van der Waals surface area contributed by atoms with E-state index in [-0.39, 0.29) is 24.4 Å². The molecule has 1 aromatic carbocycles. The van der Waals surface area contributed by atoms with Gasteiger partial charge in [0.05, 0.1) is 18.3 Å². The van der Waals surface area contributed by atoms with Crippen LogP contribution >= 0.6 is 12.4 Å². The topological polar surface area (TPSA) is 72.9 Å². The van der Waals surface area contributed by atoms with Crippen LogP contribution in [0.5, 0.6) is 0 Å². The lowest BCUT2D eigenvalue weighted by Gasteiger charge is -2.16. The van der Waals surface area contributed by atoms with Crippen molar-refractivity contribution in [2.45, 2.75) is 45.7 Å². The zero-order valence-corrected chi connectivity index (χ0v) is 15.2. The molecule has 2 rings (SSSR count). The number of aromatic nitrogens is 2. The first-order valence-corrected chi connectivity index (χ1v) is 8.23. The van der Waals surface area contributed by atoms with E-state index >= 15 is 0 Å². The Kier molecular flexibility index (Phi) is 8.50. The highest BCUT2D eigenvalue weighted by Gasteiger charge is 2.17. The average molecular weight is 351 g/mol. The molecule has 6 heteroatoms. The fraction of sp³-hybridized carbons (Fsp3) is 0.444. The smallest absolute Gasteiger partial charge is 0.255 e. The Morgan fingerprint density at radius 3 is 2.67 bits per heavy atom. The summed E-state index contributed by atoms with van der Waals surface area (Å²) in [6.45, 7) is 5.18. The number of nitrogens with one attached hydrogen (secondary N) is 1. The lowest BCUT2D eigenvalue weighted by atomic mass is 10.1. The van der Waals surface area contributed by atoms with Gasteiger partial charge in [-0.05, 0) is 18.9 Å². The van der Waals surface area contributed by atoms with E-state index in [1.807, 2.05) is 29.8 Å². The predicted octanol–water partition coefficient (Wildman–Crippen LogP) is 2.91. The molecule has 0 saturated carbocycles. The lowest BCUT2D eigenvalue weighted by Crippen LogP contribution is -2.40. The number of carbonyl (C=O) groups excluding carboxylic acids is 1. The van der Waals surface area contributed by atoms with E-state index < -0.39 is 0 Å². The zero-order valence-electron chi connectivity index (χ0n) is 14.4. The molecule has 0 saturated heterocycles. The molecule has 1 aromatic heterocycles. The Morgan fingerprint density at radius 1 is 1.33 bits per heavy atom. The Bertz CT molecular complexity index is 627. The zero-order chi connectivity index (χ0) is 16.7. The van der Waals surface area contributed by atoms with Crippen molar-refractivity contribution in [3.8, 4) is 0 Å². The first kappa shape index (κ1) is 20.2. The van der Waals surface area contributed by atoms with E-state index in [1.165, 1.54) is 0 Å². The molecule has 0 spiro atoms. The van der Waals surface area contributed by atoms with Crippen molar-refractivity contribution < 1.29 is 4.79 Å². The standard InChI is InChI=1S/C18H26N4O.ClH/c1-3-4-10-16(11-19)21-18(23)17-12-20-22(14(17)2)13-15-8-6-5-7-9-15;/h5-9,12,16H,3-4,10-11,13,19H2,1-2H3,(H,21,23);1H. The van der Waals surface area contributed by atoms with Gasteiger partial charge in [0.15, 0.2) is 0 Å². The van der Waals surface area contributed by atoms with Crippen molar-refractivity contribution in [2.24, 2.45) is 5.73 Å². The molecular formula is C18H27ClN4O. The minimum Gasteiger partial charge on any atom is -0.348 e. The summed E-state index contributed by atoms with van der Waals surface area (Å²) in [6.07, 6.45) is 4.71. The van der Waals surface area contributed by atoms with Gasteiger partial charge in [-0.3, -0.25) is 9.48 Å². The first-order valence-electron chi connectivity index (χ1n) is 8.23. The predicted molar refractivity (Wildman–Crippen MR) is 99.6 cm³/mol. The third-order valence-electron chi connectivity index (χ3n) is 4.05. The van der Waals surface area contributed by atoms with Gasteiger partial charge < -0.3 is 11.1 Å². The number of unbranched alkanes of at least 4 members (excludes halogenated alkanes) is 1. The monoisotopic (exact) mass is 350 g/mol. The SMILES string of the molecule is CCCCC(CN)NC(=O)c1cnn(Cc2ccccc2)c1C.Cl. The molecule has 0 radical (unpaired) electrons. The summed E-state index contributed by atoms with van der Waals surface area (Å²) in [4.78, 5) is 12.4. The van der Waals surface area contributed by atoms with Gasteiger partial charge in [0.2, 0.25) is 0 Å². The van der Waals surface area contributed by atoms with Crippen molar-refractivity contribution in [3.63, 3.8) is 0 Å². The van der Waals surface area contributed by atoms with E-state index in [2.05, 4.69) is 29.5 Å². The highest BCUT2D eigenvalue weighted by atomic mass is 35.5. The summed E-state index contributed by atoms with van der Waals surface area (Å²) in [7, 11) is 0. The number of carbonyl (C=O) groups is 1. The third kappa shape index (κ3) is 5.35. The number of nitrogens with two attached hydrogens (primary N) is 1. The maximum absolute atomic E-state index is 12.4. The molecule has 1 heterocycles. The van der Waals surface area contributed by atoms with Crippen LogP contribution in [0, 0.1) is 6.92 Å². The van der Waals surface area contributed by atoms with Gasteiger partial charge in [-0.25, -0.2) is 0 Å². The fourth-order valence-electron chi connectivity index (χ4n) is 2.55. The lowest BCUT2D eigenvalue weighted by molar-refractivity contribution is 0.0935. The molecule has 0 fully saturated rings. The van der Waals surface area contributed by atoms with Crippen LogP contribution in [-0.2, 0) is 6.54 Å². The summed E-state index contributed by atoms with van der Waals surface area (Å²) in [5, 5.41) is 7.37. The molecule has 2 aromatic rings. The normalized spacial score (nSPS) is 11.6. The largest absolute Gasteiger partial charge is 0.348 e. The molecule has 132 valence electrons. The summed E-state index contributed by atoms with van der Waals surface area (Å²) >= 11 is 0. The number of halogens is 1. The van der Waals surface area contributed by atoms with Crippen molar-refractivity contribution in [1.82, 2.24) is 15.1 Å².